The maximum atomic E-state index is 12.0. The van der Waals surface area contributed by atoms with Gasteiger partial charge in [0.05, 0.1) is 23.7 Å². The summed E-state index contributed by atoms with van der Waals surface area (Å²) in [7, 11) is 0. The first-order valence-electron chi connectivity index (χ1n) is 6.73. The molecular weight excluding hydrogens is 218 g/mol. The SMILES string of the molecule is CCC(O)(CC)CNC(=O)C1CC2CCC1O2. The second-order valence-electron chi connectivity index (χ2n) is 5.37. The van der Waals surface area contributed by atoms with Crippen molar-refractivity contribution in [1.29, 1.82) is 0 Å². The number of aliphatic hydroxyl groups is 1. The molecule has 0 radical (unpaired) electrons. The molecule has 4 heteroatoms. The summed E-state index contributed by atoms with van der Waals surface area (Å²) >= 11 is 0. The Bertz CT molecular complexity index is 288. The Labute approximate surface area is 103 Å². The number of amides is 1. The normalized spacial score (nSPS) is 31.8. The fraction of sp³-hybridized carbons (Fsp3) is 0.923. The summed E-state index contributed by atoms with van der Waals surface area (Å²) in [5, 5.41) is 13.0. The molecule has 2 fully saturated rings. The molecule has 2 aliphatic heterocycles. The first kappa shape index (κ1) is 12.8. The largest absolute Gasteiger partial charge is 0.388 e. The van der Waals surface area contributed by atoms with Crippen molar-refractivity contribution in [3.05, 3.63) is 0 Å². The van der Waals surface area contributed by atoms with Gasteiger partial charge in [-0.2, -0.15) is 0 Å². The summed E-state index contributed by atoms with van der Waals surface area (Å²) in [6.45, 7) is 4.24. The molecule has 98 valence electrons. The summed E-state index contributed by atoms with van der Waals surface area (Å²) in [4.78, 5) is 12.0. The van der Waals surface area contributed by atoms with Gasteiger partial charge in [0, 0.05) is 6.54 Å². The number of hydrogen-bond donors (Lipinski definition) is 2. The van der Waals surface area contributed by atoms with Crippen LogP contribution < -0.4 is 5.32 Å². The fourth-order valence-electron chi connectivity index (χ4n) is 2.80. The molecule has 0 aromatic rings. The molecule has 4 nitrogen and oxygen atoms in total. The number of ether oxygens (including phenoxy) is 1. The Morgan fingerprint density at radius 1 is 1.41 bits per heavy atom. The lowest BCUT2D eigenvalue weighted by molar-refractivity contribution is -0.127. The molecule has 2 N–H and O–H groups in total. The minimum atomic E-state index is -0.756. The van der Waals surface area contributed by atoms with E-state index in [0.717, 1.165) is 19.3 Å². The van der Waals surface area contributed by atoms with Gasteiger partial charge in [-0.25, -0.2) is 0 Å². The highest BCUT2D eigenvalue weighted by Crippen LogP contribution is 2.38. The van der Waals surface area contributed by atoms with E-state index in [1.807, 2.05) is 13.8 Å². The minimum Gasteiger partial charge on any atom is -0.388 e. The molecule has 0 aromatic carbocycles. The summed E-state index contributed by atoms with van der Waals surface area (Å²) in [6.07, 6.45) is 4.71. The van der Waals surface area contributed by atoms with Crippen molar-refractivity contribution < 1.29 is 14.6 Å². The summed E-state index contributed by atoms with van der Waals surface area (Å²) in [5.41, 5.74) is -0.756. The average Bonchev–Trinajstić information content (AvgIpc) is 2.97. The number of hydrogen-bond acceptors (Lipinski definition) is 3. The van der Waals surface area contributed by atoms with Gasteiger partial charge in [-0.3, -0.25) is 4.79 Å². The van der Waals surface area contributed by atoms with E-state index in [4.69, 9.17) is 4.74 Å². The Morgan fingerprint density at radius 2 is 2.12 bits per heavy atom. The third kappa shape index (κ3) is 2.63. The summed E-state index contributed by atoms with van der Waals surface area (Å²) in [6, 6.07) is 0. The molecule has 2 heterocycles. The van der Waals surface area contributed by atoms with Crippen LogP contribution >= 0.6 is 0 Å². The van der Waals surface area contributed by atoms with Gasteiger partial charge in [0.1, 0.15) is 0 Å². The van der Waals surface area contributed by atoms with Gasteiger partial charge in [0.15, 0.2) is 0 Å². The maximum absolute atomic E-state index is 12.0. The number of nitrogens with one attached hydrogen (secondary N) is 1. The van der Waals surface area contributed by atoms with Crippen molar-refractivity contribution in [3.63, 3.8) is 0 Å². The Hall–Kier alpha value is -0.610. The highest BCUT2D eigenvalue weighted by atomic mass is 16.5. The van der Waals surface area contributed by atoms with Crippen molar-refractivity contribution in [2.75, 3.05) is 6.54 Å². The Balaban J connectivity index is 1.82. The monoisotopic (exact) mass is 241 g/mol. The van der Waals surface area contributed by atoms with E-state index >= 15 is 0 Å². The van der Waals surface area contributed by atoms with E-state index < -0.39 is 5.60 Å². The maximum Gasteiger partial charge on any atom is 0.225 e. The first-order valence-corrected chi connectivity index (χ1v) is 6.73. The van der Waals surface area contributed by atoms with E-state index in [0.29, 0.717) is 25.5 Å². The molecule has 0 aromatic heterocycles. The number of carbonyl (C=O) groups is 1. The molecule has 2 saturated heterocycles. The lowest BCUT2D eigenvalue weighted by Crippen LogP contribution is -2.45. The molecule has 2 rings (SSSR count). The zero-order chi connectivity index (χ0) is 12.5. The standard InChI is InChI=1S/C13H23NO3/c1-3-13(16,4-2)8-14-12(15)10-7-9-5-6-11(10)17-9/h9-11,16H,3-8H2,1-2H3,(H,14,15). The molecule has 2 aliphatic rings. The fourth-order valence-corrected chi connectivity index (χ4v) is 2.80. The Morgan fingerprint density at radius 3 is 2.59 bits per heavy atom. The second-order valence-corrected chi connectivity index (χ2v) is 5.37. The topological polar surface area (TPSA) is 58.6 Å². The average molecular weight is 241 g/mol. The van der Waals surface area contributed by atoms with Crippen LogP contribution in [0.1, 0.15) is 46.0 Å². The third-order valence-corrected chi connectivity index (χ3v) is 4.35. The predicted octanol–water partition coefficient (Wildman–Crippen LogP) is 1.22. The van der Waals surface area contributed by atoms with E-state index in [9.17, 15) is 9.90 Å². The number of carbonyl (C=O) groups excluding carboxylic acids is 1. The van der Waals surface area contributed by atoms with Crippen molar-refractivity contribution in [2.24, 2.45) is 5.92 Å². The molecule has 3 unspecified atom stereocenters. The molecule has 2 bridgehead atoms. The summed E-state index contributed by atoms with van der Waals surface area (Å²) < 4.78 is 5.67. The van der Waals surface area contributed by atoms with E-state index in [2.05, 4.69) is 5.32 Å². The molecule has 0 spiro atoms. The molecule has 17 heavy (non-hydrogen) atoms. The van der Waals surface area contributed by atoms with Gasteiger partial charge in [0.2, 0.25) is 5.91 Å². The molecule has 0 aliphatic carbocycles. The number of rotatable bonds is 5. The summed E-state index contributed by atoms with van der Waals surface area (Å²) in [5.74, 6) is 0.0595. The van der Waals surface area contributed by atoms with E-state index in [1.165, 1.54) is 0 Å². The smallest absolute Gasteiger partial charge is 0.225 e. The van der Waals surface area contributed by atoms with Crippen LogP contribution in [-0.4, -0.2) is 35.4 Å². The first-order chi connectivity index (χ1) is 8.08. The van der Waals surface area contributed by atoms with Crippen LogP contribution in [0, 0.1) is 5.92 Å². The van der Waals surface area contributed by atoms with Crippen molar-refractivity contribution >= 4 is 5.91 Å². The van der Waals surface area contributed by atoms with E-state index in [-0.39, 0.29) is 17.9 Å². The van der Waals surface area contributed by atoms with Crippen LogP contribution in [0.4, 0.5) is 0 Å². The van der Waals surface area contributed by atoms with Gasteiger partial charge in [-0.1, -0.05) is 13.8 Å². The molecule has 0 saturated carbocycles. The lowest BCUT2D eigenvalue weighted by Gasteiger charge is -2.27. The van der Waals surface area contributed by atoms with Crippen LogP contribution in [0.2, 0.25) is 0 Å². The van der Waals surface area contributed by atoms with Crippen LogP contribution in [0.25, 0.3) is 0 Å². The van der Waals surface area contributed by atoms with Crippen molar-refractivity contribution in [2.45, 2.75) is 63.8 Å². The zero-order valence-corrected chi connectivity index (χ0v) is 10.7. The van der Waals surface area contributed by atoms with Crippen molar-refractivity contribution in [1.82, 2.24) is 5.32 Å². The highest BCUT2D eigenvalue weighted by Gasteiger charge is 2.44. The molecular formula is C13H23NO3. The quantitative estimate of drug-likeness (QED) is 0.761. The second kappa shape index (κ2) is 4.94. The highest BCUT2D eigenvalue weighted by molar-refractivity contribution is 5.79. The van der Waals surface area contributed by atoms with Crippen LogP contribution in [0.5, 0.6) is 0 Å². The molecule has 3 atom stereocenters. The van der Waals surface area contributed by atoms with Gasteiger partial charge in [-0.05, 0) is 32.1 Å². The van der Waals surface area contributed by atoms with Gasteiger partial charge in [0.25, 0.3) is 0 Å². The van der Waals surface area contributed by atoms with Gasteiger partial charge >= 0.3 is 0 Å². The molecule has 1 amide bonds. The minimum absolute atomic E-state index is 0.00622. The number of fused-ring (bicyclic) bond motifs is 2. The van der Waals surface area contributed by atoms with Crippen LogP contribution in [-0.2, 0) is 9.53 Å². The van der Waals surface area contributed by atoms with Crippen LogP contribution in [0.15, 0.2) is 0 Å². The van der Waals surface area contributed by atoms with Crippen LogP contribution in [0.3, 0.4) is 0 Å². The van der Waals surface area contributed by atoms with Gasteiger partial charge in [-0.15, -0.1) is 0 Å². The Kier molecular flexibility index (Phi) is 3.73. The van der Waals surface area contributed by atoms with Crippen molar-refractivity contribution in [3.8, 4) is 0 Å². The third-order valence-electron chi connectivity index (χ3n) is 4.35. The zero-order valence-electron chi connectivity index (χ0n) is 10.7. The van der Waals surface area contributed by atoms with Gasteiger partial charge < -0.3 is 15.2 Å². The van der Waals surface area contributed by atoms with E-state index in [1.54, 1.807) is 0 Å². The lowest BCUT2D eigenvalue weighted by atomic mass is 9.88. The predicted molar refractivity (Wildman–Crippen MR) is 64.5 cm³/mol.